The van der Waals surface area contributed by atoms with Gasteiger partial charge in [0.05, 0.1) is 0 Å². The SMILES string of the molecule is CC(C)N1CCC2(CC1)CN(N)C2. The second-order valence-corrected chi connectivity index (χ2v) is 5.03. The largest absolute Gasteiger partial charge is 0.301 e. The fourth-order valence-corrected chi connectivity index (χ4v) is 2.65. The Hall–Kier alpha value is -0.120. The lowest BCUT2D eigenvalue weighted by atomic mass is 9.73. The third kappa shape index (κ3) is 1.73. The van der Waals surface area contributed by atoms with Crippen molar-refractivity contribution in [3.63, 3.8) is 0 Å². The summed E-state index contributed by atoms with van der Waals surface area (Å²) in [5.74, 6) is 5.70. The van der Waals surface area contributed by atoms with E-state index in [0.29, 0.717) is 11.5 Å². The summed E-state index contributed by atoms with van der Waals surface area (Å²) in [4.78, 5) is 2.57. The molecule has 0 atom stereocenters. The number of nitrogens with two attached hydrogens (primary N) is 1. The normalized spacial score (nSPS) is 29.5. The van der Waals surface area contributed by atoms with Crippen molar-refractivity contribution < 1.29 is 0 Å². The standard InChI is InChI=1S/C10H21N3/c1-9(2)12-5-3-10(4-6-12)7-13(11)8-10/h9H,3-8,11H2,1-2H3. The number of piperidine rings is 1. The highest BCUT2D eigenvalue weighted by Crippen LogP contribution is 2.38. The molecule has 0 aromatic heterocycles. The average molecular weight is 183 g/mol. The van der Waals surface area contributed by atoms with Crippen LogP contribution < -0.4 is 5.84 Å². The van der Waals surface area contributed by atoms with Gasteiger partial charge in [0, 0.05) is 24.5 Å². The zero-order chi connectivity index (χ0) is 9.47. The second kappa shape index (κ2) is 3.23. The summed E-state index contributed by atoms with van der Waals surface area (Å²) >= 11 is 0. The Kier molecular flexibility index (Phi) is 2.34. The van der Waals surface area contributed by atoms with Crippen molar-refractivity contribution in [2.75, 3.05) is 26.2 Å². The molecule has 0 saturated carbocycles. The molecular weight excluding hydrogens is 162 g/mol. The van der Waals surface area contributed by atoms with Crippen LogP contribution in [0.1, 0.15) is 26.7 Å². The zero-order valence-electron chi connectivity index (χ0n) is 8.79. The Morgan fingerprint density at radius 3 is 2.08 bits per heavy atom. The maximum Gasteiger partial charge on any atom is 0.0199 e. The predicted octanol–water partition coefficient (Wildman–Crippen LogP) is 0.666. The minimum atomic E-state index is 0.597. The minimum absolute atomic E-state index is 0.597. The third-order valence-corrected chi connectivity index (χ3v) is 3.67. The average Bonchev–Trinajstić information content (AvgIpc) is 2.03. The summed E-state index contributed by atoms with van der Waals surface area (Å²) in [5.41, 5.74) is 0.597. The van der Waals surface area contributed by atoms with Crippen LogP contribution in [0.2, 0.25) is 0 Å². The van der Waals surface area contributed by atoms with Crippen molar-refractivity contribution in [1.82, 2.24) is 9.91 Å². The second-order valence-electron chi connectivity index (χ2n) is 5.03. The first-order valence-electron chi connectivity index (χ1n) is 5.35. The van der Waals surface area contributed by atoms with Gasteiger partial charge in [0.2, 0.25) is 0 Å². The number of hydrogen-bond acceptors (Lipinski definition) is 3. The van der Waals surface area contributed by atoms with Gasteiger partial charge in [-0.2, -0.15) is 0 Å². The molecule has 3 heteroatoms. The predicted molar refractivity (Wildman–Crippen MR) is 54.1 cm³/mol. The fourth-order valence-electron chi connectivity index (χ4n) is 2.65. The molecule has 2 aliphatic rings. The molecule has 2 N–H and O–H groups in total. The molecule has 76 valence electrons. The van der Waals surface area contributed by atoms with E-state index in [1.54, 1.807) is 0 Å². The molecule has 0 unspecified atom stereocenters. The van der Waals surface area contributed by atoms with Crippen LogP contribution in [0.5, 0.6) is 0 Å². The summed E-state index contributed by atoms with van der Waals surface area (Å²) < 4.78 is 0. The molecule has 0 aromatic carbocycles. The first kappa shape index (κ1) is 9.44. The van der Waals surface area contributed by atoms with E-state index < -0.39 is 0 Å². The van der Waals surface area contributed by atoms with Crippen LogP contribution in [0.3, 0.4) is 0 Å². The van der Waals surface area contributed by atoms with Crippen LogP contribution in [0.25, 0.3) is 0 Å². The first-order valence-corrected chi connectivity index (χ1v) is 5.35. The number of hydrogen-bond donors (Lipinski definition) is 1. The smallest absolute Gasteiger partial charge is 0.0199 e. The van der Waals surface area contributed by atoms with Crippen LogP contribution in [0, 0.1) is 5.41 Å². The molecule has 2 rings (SSSR count). The Morgan fingerprint density at radius 1 is 1.15 bits per heavy atom. The van der Waals surface area contributed by atoms with E-state index in [9.17, 15) is 0 Å². The number of rotatable bonds is 1. The van der Waals surface area contributed by atoms with Crippen molar-refractivity contribution in [3.8, 4) is 0 Å². The quantitative estimate of drug-likeness (QED) is 0.606. The lowest BCUT2D eigenvalue weighted by Crippen LogP contribution is -2.63. The summed E-state index contributed by atoms with van der Waals surface area (Å²) in [6.45, 7) is 9.36. The summed E-state index contributed by atoms with van der Waals surface area (Å²) in [5, 5.41) is 1.95. The lowest BCUT2D eigenvalue weighted by molar-refractivity contribution is -0.0519. The molecule has 3 nitrogen and oxygen atoms in total. The third-order valence-electron chi connectivity index (χ3n) is 3.67. The van der Waals surface area contributed by atoms with Crippen LogP contribution >= 0.6 is 0 Å². The molecule has 0 amide bonds. The van der Waals surface area contributed by atoms with Gasteiger partial charge in [-0.3, -0.25) is 5.84 Å². The van der Waals surface area contributed by atoms with Crippen LogP contribution in [0.15, 0.2) is 0 Å². The van der Waals surface area contributed by atoms with E-state index in [1.165, 1.54) is 25.9 Å². The Morgan fingerprint density at radius 2 is 1.69 bits per heavy atom. The summed E-state index contributed by atoms with van der Waals surface area (Å²) in [7, 11) is 0. The monoisotopic (exact) mass is 183 g/mol. The van der Waals surface area contributed by atoms with E-state index in [1.807, 2.05) is 5.01 Å². The van der Waals surface area contributed by atoms with Crippen LogP contribution in [-0.4, -0.2) is 42.1 Å². The molecule has 0 radical (unpaired) electrons. The highest BCUT2D eigenvalue weighted by molar-refractivity contribution is 4.96. The Bertz CT molecular complexity index is 175. The molecule has 2 saturated heterocycles. The maximum absolute atomic E-state index is 5.70. The van der Waals surface area contributed by atoms with Crippen LogP contribution in [0.4, 0.5) is 0 Å². The number of hydrazine groups is 1. The molecule has 13 heavy (non-hydrogen) atoms. The van der Waals surface area contributed by atoms with E-state index in [2.05, 4.69) is 18.7 Å². The van der Waals surface area contributed by atoms with Gasteiger partial charge in [-0.1, -0.05) is 0 Å². The van der Waals surface area contributed by atoms with Gasteiger partial charge >= 0.3 is 0 Å². The molecular formula is C10H21N3. The highest BCUT2D eigenvalue weighted by Gasteiger charge is 2.43. The van der Waals surface area contributed by atoms with E-state index >= 15 is 0 Å². The molecule has 2 aliphatic heterocycles. The van der Waals surface area contributed by atoms with Crippen molar-refractivity contribution in [2.24, 2.45) is 11.3 Å². The lowest BCUT2D eigenvalue weighted by Gasteiger charge is -2.52. The fraction of sp³-hybridized carbons (Fsp3) is 1.00. The number of likely N-dealkylation sites (tertiary alicyclic amines) is 1. The Balaban J connectivity index is 1.83. The van der Waals surface area contributed by atoms with Gasteiger partial charge in [0.15, 0.2) is 0 Å². The molecule has 0 aliphatic carbocycles. The van der Waals surface area contributed by atoms with Crippen LogP contribution in [-0.2, 0) is 0 Å². The first-order chi connectivity index (χ1) is 6.11. The van der Waals surface area contributed by atoms with Gasteiger partial charge < -0.3 is 4.90 Å². The number of nitrogens with zero attached hydrogens (tertiary/aromatic N) is 2. The van der Waals surface area contributed by atoms with E-state index in [4.69, 9.17) is 5.84 Å². The topological polar surface area (TPSA) is 32.5 Å². The molecule has 2 heterocycles. The van der Waals surface area contributed by atoms with E-state index in [0.717, 1.165) is 13.1 Å². The summed E-state index contributed by atoms with van der Waals surface area (Å²) in [6.07, 6.45) is 2.69. The molecule has 2 fully saturated rings. The van der Waals surface area contributed by atoms with Crippen molar-refractivity contribution in [2.45, 2.75) is 32.7 Å². The van der Waals surface area contributed by atoms with Gasteiger partial charge in [-0.25, -0.2) is 5.01 Å². The van der Waals surface area contributed by atoms with Gasteiger partial charge in [0.1, 0.15) is 0 Å². The zero-order valence-corrected chi connectivity index (χ0v) is 8.79. The van der Waals surface area contributed by atoms with Crippen molar-refractivity contribution in [3.05, 3.63) is 0 Å². The Labute approximate surface area is 80.8 Å². The summed E-state index contributed by atoms with van der Waals surface area (Å²) in [6, 6.07) is 0.714. The molecule has 1 spiro atoms. The van der Waals surface area contributed by atoms with Gasteiger partial charge in [0.25, 0.3) is 0 Å². The maximum atomic E-state index is 5.70. The molecule has 0 bridgehead atoms. The highest BCUT2D eigenvalue weighted by atomic mass is 15.4. The molecule has 0 aromatic rings. The minimum Gasteiger partial charge on any atom is -0.301 e. The van der Waals surface area contributed by atoms with Gasteiger partial charge in [-0.15, -0.1) is 0 Å². The van der Waals surface area contributed by atoms with E-state index in [-0.39, 0.29) is 0 Å². The van der Waals surface area contributed by atoms with Crippen molar-refractivity contribution in [1.29, 1.82) is 0 Å². The van der Waals surface area contributed by atoms with Gasteiger partial charge in [-0.05, 0) is 39.8 Å². The van der Waals surface area contributed by atoms with Crippen molar-refractivity contribution >= 4 is 0 Å².